The molecule has 0 radical (unpaired) electrons. The van der Waals surface area contributed by atoms with Gasteiger partial charge in [0, 0.05) is 47.9 Å². The van der Waals surface area contributed by atoms with Crippen LogP contribution in [0.1, 0.15) is 25.3 Å². The number of benzene rings is 3. The zero-order chi connectivity index (χ0) is 31.1. The zero-order valence-electron chi connectivity index (χ0n) is 24.2. The standard InChI is InChI=1S/C32H33ClFN5O4S/c1-32(11-12-32)21-43-30-29(19-36-39(31(30)40)26-4-2-3-24(33)18-26)37-13-15-38(16-14-37)44(41,42)20-22-5-10-27(28(35)17-22)23-6-8-25(34)9-7-23/h2-10,17-19H,11-16,20-21,35H2,1H3. The molecule has 9 nitrogen and oxygen atoms in total. The highest BCUT2D eigenvalue weighted by Gasteiger charge is 2.39. The normalized spacial score (nSPS) is 16.6. The molecule has 230 valence electrons. The molecule has 2 aliphatic rings. The van der Waals surface area contributed by atoms with Gasteiger partial charge in [0.1, 0.15) is 11.5 Å². The summed E-state index contributed by atoms with van der Waals surface area (Å²) >= 11 is 6.16. The minimum Gasteiger partial charge on any atom is -0.486 e. The van der Waals surface area contributed by atoms with Crippen molar-refractivity contribution in [2.75, 3.05) is 43.4 Å². The van der Waals surface area contributed by atoms with E-state index in [0.717, 1.165) is 18.4 Å². The van der Waals surface area contributed by atoms with Crippen LogP contribution in [-0.2, 0) is 15.8 Å². The lowest BCUT2D eigenvalue weighted by atomic mass is 10.0. The molecule has 0 spiro atoms. The van der Waals surface area contributed by atoms with Crippen molar-refractivity contribution in [2.45, 2.75) is 25.5 Å². The Morgan fingerprint density at radius 3 is 2.41 bits per heavy atom. The number of ether oxygens (including phenoxy) is 1. The lowest BCUT2D eigenvalue weighted by Gasteiger charge is -2.35. The van der Waals surface area contributed by atoms with E-state index in [-0.39, 0.29) is 35.8 Å². The molecule has 0 atom stereocenters. The van der Waals surface area contributed by atoms with Gasteiger partial charge in [0.2, 0.25) is 15.8 Å². The number of sulfonamides is 1. The first-order valence-corrected chi connectivity index (χ1v) is 16.4. The Morgan fingerprint density at radius 1 is 1.02 bits per heavy atom. The molecule has 1 saturated heterocycles. The van der Waals surface area contributed by atoms with Gasteiger partial charge in [0.25, 0.3) is 0 Å². The van der Waals surface area contributed by atoms with Gasteiger partial charge in [-0.2, -0.15) is 14.1 Å². The molecule has 1 aliphatic heterocycles. The Kier molecular flexibility index (Phi) is 8.12. The smallest absolute Gasteiger partial charge is 0.316 e. The largest absolute Gasteiger partial charge is 0.486 e. The number of nitrogen functional groups attached to an aromatic ring is 1. The first kappa shape index (κ1) is 30.1. The van der Waals surface area contributed by atoms with Gasteiger partial charge in [0.15, 0.2) is 0 Å². The lowest BCUT2D eigenvalue weighted by Crippen LogP contribution is -2.49. The molecule has 6 rings (SSSR count). The minimum atomic E-state index is -3.65. The quantitative estimate of drug-likeness (QED) is 0.254. The summed E-state index contributed by atoms with van der Waals surface area (Å²) in [5.41, 5.74) is 9.40. The predicted molar refractivity (Wildman–Crippen MR) is 170 cm³/mol. The van der Waals surface area contributed by atoms with Crippen LogP contribution < -0.4 is 20.9 Å². The van der Waals surface area contributed by atoms with Crippen LogP contribution in [0, 0.1) is 11.2 Å². The van der Waals surface area contributed by atoms with Crippen molar-refractivity contribution >= 4 is 33.0 Å². The molecular weight excluding hydrogens is 605 g/mol. The van der Waals surface area contributed by atoms with Crippen LogP contribution in [0.25, 0.3) is 16.8 Å². The van der Waals surface area contributed by atoms with Gasteiger partial charge < -0.3 is 15.4 Å². The van der Waals surface area contributed by atoms with Crippen LogP contribution in [0.5, 0.6) is 5.75 Å². The number of halogens is 2. The van der Waals surface area contributed by atoms with Crippen LogP contribution in [0.15, 0.2) is 77.7 Å². The average molecular weight is 638 g/mol. The van der Waals surface area contributed by atoms with Crippen LogP contribution in [0.3, 0.4) is 0 Å². The Balaban J connectivity index is 1.18. The van der Waals surface area contributed by atoms with E-state index in [1.165, 1.54) is 21.1 Å². The molecule has 1 saturated carbocycles. The van der Waals surface area contributed by atoms with E-state index in [1.807, 2.05) is 4.90 Å². The van der Waals surface area contributed by atoms with Crippen molar-refractivity contribution < 1.29 is 17.5 Å². The number of aromatic nitrogens is 2. The van der Waals surface area contributed by atoms with Crippen molar-refractivity contribution in [2.24, 2.45) is 5.41 Å². The van der Waals surface area contributed by atoms with Gasteiger partial charge in [-0.05, 0) is 60.4 Å². The zero-order valence-corrected chi connectivity index (χ0v) is 25.8. The molecule has 0 bridgehead atoms. The summed E-state index contributed by atoms with van der Waals surface area (Å²) in [7, 11) is -3.65. The predicted octanol–water partition coefficient (Wildman–Crippen LogP) is 5.11. The topological polar surface area (TPSA) is 111 Å². The number of hydrogen-bond donors (Lipinski definition) is 1. The third-order valence-corrected chi connectivity index (χ3v) is 10.3. The molecule has 2 heterocycles. The van der Waals surface area contributed by atoms with Crippen LogP contribution in [0.4, 0.5) is 15.8 Å². The molecule has 0 unspecified atom stereocenters. The third kappa shape index (κ3) is 6.45. The Labute approximate surface area is 260 Å². The number of piperazine rings is 1. The minimum absolute atomic E-state index is 0.0429. The summed E-state index contributed by atoms with van der Waals surface area (Å²) in [6.45, 7) is 3.73. The van der Waals surface area contributed by atoms with Gasteiger partial charge in [-0.15, -0.1) is 0 Å². The van der Waals surface area contributed by atoms with Crippen molar-refractivity contribution in [1.29, 1.82) is 0 Å². The lowest BCUT2D eigenvalue weighted by molar-refractivity contribution is 0.242. The summed E-state index contributed by atoms with van der Waals surface area (Å²) < 4.78 is 49.0. The number of rotatable bonds is 9. The molecule has 3 aromatic carbocycles. The maximum absolute atomic E-state index is 13.6. The van der Waals surface area contributed by atoms with Crippen molar-refractivity contribution in [3.8, 4) is 22.6 Å². The first-order valence-electron chi connectivity index (χ1n) is 14.4. The second kappa shape index (κ2) is 11.9. The molecule has 12 heteroatoms. The van der Waals surface area contributed by atoms with E-state index in [1.54, 1.807) is 60.8 Å². The summed E-state index contributed by atoms with van der Waals surface area (Å²) in [6, 6.07) is 18.0. The molecule has 1 aromatic heterocycles. The Hall–Kier alpha value is -3.93. The highest BCUT2D eigenvalue weighted by molar-refractivity contribution is 7.88. The molecule has 2 fully saturated rings. The second-order valence-corrected chi connectivity index (χ2v) is 14.1. The molecule has 2 N–H and O–H groups in total. The molecule has 44 heavy (non-hydrogen) atoms. The van der Waals surface area contributed by atoms with Gasteiger partial charge in [-0.3, -0.25) is 4.79 Å². The molecule has 1 aliphatic carbocycles. The van der Waals surface area contributed by atoms with E-state index >= 15 is 0 Å². The second-order valence-electron chi connectivity index (χ2n) is 11.7. The summed E-state index contributed by atoms with van der Waals surface area (Å²) in [5.74, 6) is -0.351. The van der Waals surface area contributed by atoms with E-state index in [0.29, 0.717) is 52.9 Å². The van der Waals surface area contributed by atoms with Crippen LogP contribution >= 0.6 is 11.6 Å². The van der Waals surface area contributed by atoms with Crippen LogP contribution in [0.2, 0.25) is 5.02 Å². The molecular formula is C32H33ClFN5O4S. The molecule has 0 amide bonds. The summed E-state index contributed by atoms with van der Waals surface area (Å²) in [6.07, 6.45) is 3.67. The van der Waals surface area contributed by atoms with Gasteiger partial charge in [0.05, 0.1) is 24.2 Å². The van der Waals surface area contributed by atoms with Gasteiger partial charge in [-0.1, -0.05) is 48.9 Å². The van der Waals surface area contributed by atoms with Crippen molar-refractivity contribution in [1.82, 2.24) is 14.1 Å². The van der Waals surface area contributed by atoms with Crippen molar-refractivity contribution in [3.63, 3.8) is 0 Å². The number of nitrogens with zero attached hydrogens (tertiary/aromatic N) is 4. The third-order valence-electron chi connectivity index (χ3n) is 8.23. The first-order chi connectivity index (χ1) is 21.0. The fourth-order valence-corrected chi connectivity index (χ4v) is 6.98. The Bertz CT molecular complexity index is 1850. The van der Waals surface area contributed by atoms with E-state index in [9.17, 15) is 17.6 Å². The maximum Gasteiger partial charge on any atom is 0.316 e. The van der Waals surface area contributed by atoms with E-state index < -0.39 is 15.6 Å². The van der Waals surface area contributed by atoms with E-state index in [2.05, 4.69) is 12.0 Å². The van der Waals surface area contributed by atoms with Gasteiger partial charge >= 0.3 is 5.56 Å². The molecule has 4 aromatic rings. The monoisotopic (exact) mass is 637 g/mol. The highest BCUT2D eigenvalue weighted by atomic mass is 35.5. The maximum atomic E-state index is 13.6. The highest BCUT2D eigenvalue weighted by Crippen LogP contribution is 2.45. The Morgan fingerprint density at radius 2 is 1.75 bits per heavy atom. The summed E-state index contributed by atoms with van der Waals surface area (Å²) in [5, 5.41) is 4.90. The van der Waals surface area contributed by atoms with E-state index in [4.69, 9.17) is 22.1 Å². The van der Waals surface area contributed by atoms with Crippen molar-refractivity contribution in [3.05, 3.63) is 99.7 Å². The van der Waals surface area contributed by atoms with Gasteiger partial charge in [-0.25, -0.2) is 12.8 Å². The number of anilines is 2. The summed E-state index contributed by atoms with van der Waals surface area (Å²) in [4.78, 5) is 15.6. The van der Waals surface area contributed by atoms with Crippen LogP contribution in [-0.4, -0.2) is 55.3 Å². The SMILES string of the molecule is CC1(COc2c(N3CCN(S(=O)(=O)Cc4ccc(-c5ccc(F)cc5)c(N)c4)CC3)cnn(-c3cccc(Cl)c3)c2=O)CC1. The fourth-order valence-electron chi connectivity index (χ4n) is 5.29. The fraction of sp³-hybridized carbons (Fsp3) is 0.312. The number of nitrogens with two attached hydrogens (primary N) is 1. The average Bonchev–Trinajstić information content (AvgIpc) is 3.74. The number of hydrogen-bond acceptors (Lipinski definition) is 7.